The van der Waals surface area contributed by atoms with E-state index >= 15 is 0 Å². The summed E-state index contributed by atoms with van der Waals surface area (Å²) in [5.41, 5.74) is 1.09. The number of carbonyl (C=O) groups is 1. The van der Waals surface area contributed by atoms with Crippen molar-refractivity contribution in [1.29, 1.82) is 0 Å². The van der Waals surface area contributed by atoms with Crippen LogP contribution in [0.25, 0.3) is 11.4 Å². The smallest absolute Gasteiger partial charge is 0.269 e. The van der Waals surface area contributed by atoms with Crippen molar-refractivity contribution in [2.45, 2.75) is 11.7 Å². The maximum Gasteiger partial charge on any atom is 0.269 e. The fourth-order valence-electron chi connectivity index (χ4n) is 3.11. The highest BCUT2D eigenvalue weighted by atomic mass is 32.2. The minimum Gasteiger partial charge on any atom is -0.493 e. The molecule has 0 saturated carbocycles. The standard InChI is InChI=1S/C22H23N5O6S/c1-5-10-26-21(14-11-17(31-2)20(33-4)18(12-14)32-3)24-25-22(26)34-13-19(28)23-15-6-8-16(9-7-15)27(29)30/h5-9,11-12H,1,10,13H2,2-4H3,(H,23,28). The molecule has 0 fully saturated rings. The first kappa shape index (κ1) is 24.6. The van der Waals surface area contributed by atoms with Crippen molar-refractivity contribution in [3.05, 3.63) is 59.2 Å². The largest absolute Gasteiger partial charge is 0.493 e. The summed E-state index contributed by atoms with van der Waals surface area (Å²) >= 11 is 1.20. The minimum atomic E-state index is -0.501. The number of hydrogen-bond donors (Lipinski definition) is 1. The van der Waals surface area contributed by atoms with E-state index < -0.39 is 4.92 Å². The number of ether oxygens (including phenoxy) is 3. The predicted molar refractivity (Wildman–Crippen MR) is 128 cm³/mol. The number of nitro groups is 1. The third kappa shape index (κ3) is 5.46. The molecular weight excluding hydrogens is 462 g/mol. The number of thioether (sulfide) groups is 1. The van der Waals surface area contributed by atoms with E-state index in [0.29, 0.717) is 46.0 Å². The van der Waals surface area contributed by atoms with Crippen LogP contribution < -0.4 is 19.5 Å². The summed E-state index contributed by atoms with van der Waals surface area (Å²) < 4.78 is 18.0. The van der Waals surface area contributed by atoms with Crippen LogP contribution in [0.4, 0.5) is 11.4 Å². The lowest BCUT2D eigenvalue weighted by atomic mass is 10.1. The predicted octanol–water partition coefficient (Wildman–Crippen LogP) is 3.80. The van der Waals surface area contributed by atoms with E-state index in [9.17, 15) is 14.9 Å². The summed E-state index contributed by atoms with van der Waals surface area (Å²) in [7, 11) is 4.58. The number of rotatable bonds is 11. The number of benzene rings is 2. The Kier molecular flexibility index (Phi) is 8.09. The zero-order chi connectivity index (χ0) is 24.7. The van der Waals surface area contributed by atoms with Gasteiger partial charge in [-0.1, -0.05) is 17.8 Å². The number of carbonyl (C=O) groups excluding carboxylic acids is 1. The monoisotopic (exact) mass is 485 g/mol. The quantitative estimate of drug-likeness (QED) is 0.186. The van der Waals surface area contributed by atoms with Crippen LogP contribution in [0.15, 0.2) is 54.2 Å². The van der Waals surface area contributed by atoms with Crippen LogP contribution in [0, 0.1) is 10.1 Å². The molecule has 12 heteroatoms. The number of aromatic nitrogens is 3. The van der Waals surface area contributed by atoms with Gasteiger partial charge in [0.15, 0.2) is 22.5 Å². The van der Waals surface area contributed by atoms with Crippen LogP contribution in [-0.2, 0) is 11.3 Å². The highest BCUT2D eigenvalue weighted by Crippen LogP contribution is 2.41. The zero-order valence-corrected chi connectivity index (χ0v) is 19.6. The van der Waals surface area contributed by atoms with Gasteiger partial charge < -0.3 is 19.5 Å². The molecule has 0 spiro atoms. The summed E-state index contributed by atoms with van der Waals surface area (Å²) in [5, 5.41) is 22.5. The second-order valence-electron chi connectivity index (χ2n) is 6.76. The first-order valence-electron chi connectivity index (χ1n) is 9.93. The van der Waals surface area contributed by atoms with Crippen molar-refractivity contribution in [2.24, 2.45) is 0 Å². The molecule has 0 aliphatic rings. The number of anilines is 1. The number of nitro benzene ring substituents is 1. The maximum atomic E-state index is 12.4. The molecule has 1 N–H and O–H groups in total. The molecule has 0 radical (unpaired) electrons. The van der Waals surface area contributed by atoms with Gasteiger partial charge in [0.25, 0.3) is 5.69 Å². The molecule has 0 aliphatic carbocycles. The Labute approximate surface area is 199 Å². The van der Waals surface area contributed by atoms with E-state index in [1.165, 1.54) is 57.4 Å². The molecule has 0 bridgehead atoms. The van der Waals surface area contributed by atoms with Gasteiger partial charge in [-0.2, -0.15) is 0 Å². The van der Waals surface area contributed by atoms with E-state index in [2.05, 4.69) is 22.1 Å². The van der Waals surface area contributed by atoms with Crippen molar-refractivity contribution in [3.8, 4) is 28.6 Å². The molecular formula is C22H23N5O6S. The molecule has 0 atom stereocenters. The van der Waals surface area contributed by atoms with Gasteiger partial charge in [-0.25, -0.2) is 0 Å². The maximum absolute atomic E-state index is 12.4. The van der Waals surface area contributed by atoms with Gasteiger partial charge in [-0.3, -0.25) is 19.5 Å². The second-order valence-corrected chi connectivity index (χ2v) is 7.70. The lowest BCUT2D eigenvalue weighted by Crippen LogP contribution is -2.14. The third-order valence-corrected chi connectivity index (χ3v) is 5.61. The topological polar surface area (TPSA) is 131 Å². The lowest BCUT2D eigenvalue weighted by Gasteiger charge is -2.14. The summed E-state index contributed by atoms with van der Waals surface area (Å²) in [6.45, 7) is 4.20. The zero-order valence-electron chi connectivity index (χ0n) is 18.8. The van der Waals surface area contributed by atoms with Crippen LogP contribution in [0.3, 0.4) is 0 Å². The van der Waals surface area contributed by atoms with E-state index in [-0.39, 0.29) is 17.3 Å². The fourth-order valence-corrected chi connectivity index (χ4v) is 3.85. The number of hydrogen-bond acceptors (Lipinski definition) is 9. The molecule has 0 saturated heterocycles. The number of allylic oxidation sites excluding steroid dienone is 1. The average Bonchev–Trinajstić information content (AvgIpc) is 3.24. The minimum absolute atomic E-state index is 0.0516. The molecule has 178 valence electrons. The van der Waals surface area contributed by atoms with Crippen molar-refractivity contribution in [3.63, 3.8) is 0 Å². The van der Waals surface area contributed by atoms with E-state index in [4.69, 9.17) is 14.2 Å². The van der Waals surface area contributed by atoms with Crippen LogP contribution in [0.2, 0.25) is 0 Å². The van der Waals surface area contributed by atoms with E-state index in [1.807, 2.05) is 4.57 Å². The number of amides is 1. The molecule has 2 aromatic carbocycles. The van der Waals surface area contributed by atoms with Gasteiger partial charge in [-0.15, -0.1) is 16.8 Å². The Morgan fingerprint density at radius 1 is 1.15 bits per heavy atom. The SMILES string of the molecule is C=CCn1c(SCC(=O)Nc2ccc([N+](=O)[O-])cc2)nnc1-c1cc(OC)c(OC)c(OC)c1. The first-order valence-corrected chi connectivity index (χ1v) is 10.9. The van der Waals surface area contributed by atoms with Crippen molar-refractivity contribution in [1.82, 2.24) is 14.8 Å². The summed E-state index contributed by atoms with van der Waals surface area (Å²) in [4.78, 5) is 22.7. The second kappa shape index (κ2) is 11.2. The molecule has 34 heavy (non-hydrogen) atoms. The lowest BCUT2D eigenvalue weighted by molar-refractivity contribution is -0.384. The summed E-state index contributed by atoms with van der Waals surface area (Å²) in [5.74, 6) is 1.71. The molecule has 1 aromatic heterocycles. The van der Waals surface area contributed by atoms with Gasteiger partial charge in [-0.05, 0) is 24.3 Å². The number of nitrogens with one attached hydrogen (secondary N) is 1. The molecule has 0 unspecified atom stereocenters. The van der Waals surface area contributed by atoms with E-state index in [0.717, 1.165) is 0 Å². The number of nitrogens with zero attached hydrogens (tertiary/aromatic N) is 4. The van der Waals surface area contributed by atoms with Crippen molar-refractivity contribution in [2.75, 3.05) is 32.4 Å². The Morgan fingerprint density at radius 3 is 2.32 bits per heavy atom. The highest BCUT2D eigenvalue weighted by molar-refractivity contribution is 7.99. The molecule has 0 aliphatic heterocycles. The van der Waals surface area contributed by atoms with E-state index in [1.54, 1.807) is 18.2 Å². The van der Waals surface area contributed by atoms with Crippen molar-refractivity contribution >= 4 is 29.0 Å². The third-order valence-electron chi connectivity index (χ3n) is 4.65. The van der Waals surface area contributed by atoms with Crippen LogP contribution >= 0.6 is 11.8 Å². The summed E-state index contributed by atoms with van der Waals surface area (Å²) in [6, 6.07) is 9.13. The van der Waals surface area contributed by atoms with Gasteiger partial charge >= 0.3 is 0 Å². The van der Waals surface area contributed by atoms with Gasteiger partial charge in [0.1, 0.15) is 0 Å². The van der Waals surface area contributed by atoms with Crippen LogP contribution in [0.5, 0.6) is 17.2 Å². The van der Waals surface area contributed by atoms with Crippen molar-refractivity contribution < 1.29 is 23.9 Å². The fraction of sp³-hybridized carbons (Fsp3) is 0.227. The van der Waals surface area contributed by atoms with Gasteiger partial charge in [0.2, 0.25) is 11.7 Å². The highest BCUT2D eigenvalue weighted by Gasteiger charge is 2.20. The summed E-state index contributed by atoms with van der Waals surface area (Å²) in [6.07, 6.45) is 1.70. The molecule has 11 nitrogen and oxygen atoms in total. The average molecular weight is 486 g/mol. The van der Waals surface area contributed by atoms with Gasteiger partial charge in [0.05, 0.1) is 32.0 Å². The molecule has 1 heterocycles. The Balaban J connectivity index is 1.79. The molecule has 1 amide bonds. The Bertz CT molecular complexity index is 1170. The van der Waals surface area contributed by atoms with Crippen LogP contribution in [0.1, 0.15) is 0 Å². The molecule has 3 aromatic rings. The Hall–Kier alpha value is -4.06. The van der Waals surface area contributed by atoms with Gasteiger partial charge in [0, 0.05) is 29.9 Å². The number of non-ortho nitro benzene ring substituents is 1. The normalized spacial score (nSPS) is 10.4. The molecule has 3 rings (SSSR count). The Morgan fingerprint density at radius 2 is 1.79 bits per heavy atom. The van der Waals surface area contributed by atoms with Crippen LogP contribution in [-0.4, -0.2) is 52.7 Å². The number of methoxy groups -OCH3 is 3. The first-order chi connectivity index (χ1) is 16.4.